The largest absolute Gasteiger partial charge is 0.360 e. The maximum atomic E-state index is 13.8. The van der Waals surface area contributed by atoms with Gasteiger partial charge in [0.05, 0.1) is 17.1 Å². The van der Waals surface area contributed by atoms with Crippen molar-refractivity contribution in [3.05, 3.63) is 70.6 Å². The molecule has 1 unspecified atom stereocenters. The van der Waals surface area contributed by atoms with Gasteiger partial charge in [0.25, 0.3) is 5.91 Å². The zero-order valence-corrected chi connectivity index (χ0v) is 14.4. The number of nitrogens with one attached hydrogen (secondary N) is 2. The fourth-order valence-corrected chi connectivity index (χ4v) is 3.46. The highest BCUT2D eigenvalue weighted by Gasteiger charge is 2.38. The van der Waals surface area contributed by atoms with Gasteiger partial charge in [-0.3, -0.25) is 9.69 Å². The van der Waals surface area contributed by atoms with Crippen molar-refractivity contribution in [1.82, 2.24) is 15.2 Å². The van der Waals surface area contributed by atoms with E-state index >= 15 is 0 Å². The molecule has 0 saturated carbocycles. The molecule has 2 heterocycles. The lowest BCUT2D eigenvalue weighted by atomic mass is 10.0. The number of rotatable bonds is 4. The number of hydrogen-bond acceptors (Lipinski definition) is 2. The van der Waals surface area contributed by atoms with E-state index in [-0.39, 0.29) is 12.5 Å². The number of halogens is 2. The Morgan fingerprint density at radius 2 is 1.88 bits per heavy atom. The van der Waals surface area contributed by atoms with Crippen molar-refractivity contribution in [2.45, 2.75) is 19.0 Å². The second-order valence-electron chi connectivity index (χ2n) is 6.20. The van der Waals surface area contributed by atoms with Crippen LogP contribution >= 0.6 is 11.6 Å². The summed E-state index contributed by atoms with van der Waals surface area (Å²) in [5.74, 6) is -0.808. The summed E-state index contributed by atoms with van der Waals surface area (Å²) >= 11 is 6.16. The molecule has 0 spiro atoms. The van der Waals surface area contributed by atoms with Crippen molar-refractivity contribution in [3.8, 4) is 0 Å². The van der Waals surface area contributed by atoms with Crippen LogP contribution in [0.25, 0.3) is 10.9 Å². The van der Waals surface area contributed by atoms with Crippen LogP contribution in [0.2, 0.25) is 5.02 Å². The smallest absolute Gasteiger partial charge is 0.325 e. The molecule has 1 atom stereocenters. The number of para-hydroxylation sites is 1. The fraction of sp³-hybridized carbons (Fsp3) is 0.158. The van der Waals surface area contributed by atoms with Gasteiger partial charge in [-0.05, 0) is 17.7 Å². The molecule has 132 valence electrons. The van der Waals surface area contributed by atoms with Gasteiger partial charge in [-0.2, -0.15) is 0 Å². The van der Waals surface area contributed by atoms with E-state index in [0.717, 1.165) is 21.4 Å². The number of aromatic amines is 1. The first-order chi connectivity index (χ1) is 12.5. The molecular weight excluding hydrogens is 357 g/mol. The molecule has 1 saturated heterocycles. The summed E-state index contributed by atoms with van der Waals surface area (Å²) in [6, 6.07) is 10.4. The minimum atomic E-state index is -0.688. The lowest BCUT2D eigenvalue weighted by Gasteiger charge is -2.13. The van der Waals surface area contributed by atoms with Crippen LogP contribution in [-0.2, 0) is 17.8 Å². The number of fused-ring (bicyclic) bond motifs is 1. The molecule has 2 N–H and O–H groups in total. The molecule has 5 nitrogen and oxygen atoms in total. The van der Waals surface area contributed by atoms with Gasteiger partial charge in [-0.1, -0.05) is 41.9 Å². The fourth-order valence-electron chi connectivity index (χ4n) is 3.23. The van der Waals surface area contributed by atoms with Gasteiger partial charge in [0.15, 0.2) is 0 Å². The number of amides is 3. The molecule has 1 fully saturated rings. The average molecular weight is 372 g/mol. The van der Waals surface area contributed by atoms with Gasteiger partial charge in [0.2, 0.25) is 0 Å². The third-order valence-corrected chi connectivity index (χ3v) is 4.88. The first-order valence-corrected chi connectivity index (χ1v) is 8.52. The summed E-state index contributed by atoms with van der Waals surface area (Å²) in [5.41, 5.74) is 1.98. The highest BCUT2D eigenvalue weighted by Crippen LogP contribution is 2.27. The molecule has 7 heteroatoms. The number of carbonyl (C=O) groups is 2. The van der Waals surface area contributed by atoms with E-state index in [1.807, 2.05) is 12.1 Å². The van der Waals surface area contributed by atoms with E-state index in [1.54, 1.807) is 30.5 Å². The van der Waals surface area contributed by atoms with Crippen LogP contribution in [0.4, 0.5) is 9.18 Å². The number of hydrogen-bond donors (Lipinski definition) is 2. The quantitative estimate of drug-likeness (QED) is 0.688. The number of imide groups is 1. The first-order valence-electron chi connectivity index (χ1n) is 8.14. The predicted octanol–water partition coefficient (Wildman–Crippen LogP) is 3.62. The number of nitrogens with zero attached hydrogens (tertiary/aromatic N) is 1. The van der Waals surface area contributed by atoms with Crippen LogP contribution in [-0.4, -0.2) is 27.9 Å². The maximum absolute atomic E-state index is 13.8. The van der Waals surface area contributed by atoms with E-state index in [0.29, 0.717) is 17.0 Å². The Balaban J connectivity index is 1.55. The Morgan fingerprint density at radius 1 is 1.08 bits per heavy atom. The van der Waals surface area contributed by atoms with Gasteiger partial charge >= 0.3 is 6.03 Å². The SMILES string of the molecule is O=C1NC(Cc2c[nH]c3c(Cl)cccc23)C(=O)N1Cc1ccccc1F. The van der Waals surface area contributed by atoms with Gasteiger partial charge in [0.1, 0.15) is 11.9 Å². The number of benzene rings is 2. The highest BCUT2D eigenvalue weighted by atomic mass is 35.5. The molecule has 4 rings (SSSR count). The molecule has 1 aliphatic heterocycles. The molecule has 3 amide bonds. The van der Waals surface area contributed by atoms with Gasteiger partial charge < -0.3 is 10.3 Å². The van der Waals surface area contributed by atoms with Gasteiger partial charge in [-0.25, -0.2) is 9.18 Å². The molecule has 26 heavy (non-hydrogen) atoms. The summed E-state index contributed by atoms with van der Waals surface area (Å²) in [5, 5.41) is 4.18. The van der Waals surface area contributed by atoms with Crippen LogP contribution < -0.4 is 5.32 Å². The number of carbonyl (C=O) groups excluding carboxylic acids is 2. The molecular formula is C19H15ClFN3O2. The average Bonchev–Trinajstić information content (AvgIpc) is 3.14. The topological polar surface area (TPSA) is 65.2 Å². The third kappa shape index (κ3) is 2.82. The third-order valence-electron chi connectivity index (χ3n) is 4.57. The lowest BCUT2D eigenvalue weighted by Crippen LogP contribution is -2.32. The second-order valence-corrected chi connectivity index (χ2v) is 6.61. The van der Waals surface area contributed by atoms with E-state index in [4.69, 9.17) is 11.6 Å². The van der Waals surface area contributed by atoms with E-state index in [1.165, 1.54) is 6.07 Å². The summed E-state index contributed by atoms with van der Waals surface area (Å²) < 4.78 is 13.8. The normalized spacial score (nSPS) is 17.2. The number of H-pyrrole nitrogens is 1. The maximum Gasteiger partial charge on any atom is 0.325 e. The zero-order valence-electron chi connectivity index (χ0n) is 13.6. The van der Waals surface area contributed by atoms with Crippen molar-refractivity contribution in [1.29, 1.82) is 0 Å². The second kappa shape index (κ2) is 6.46. The van der Waals surface area contributed by atoms with Crippen molar-refractivity contribution in [2.75, 3.05) is 0 Å². The van der Waals surface area contributed by atoms with Crippen LogP contribution in [0.3, 0.4) is 0 Å². The minimum Gasteiger partial charge on any atom is -0.360 e. The Hall–Kier alpha value is -2.86. The van der Waals surface area contributed by atoms with Crippen molar-refractivity contribution >= 4 is 34.4 Å². The highest BCUT2D eigenvalue weighted by molar-refractivity contribution is 6.35. The summed E-state index contributed by atoms with van der Waals surface area (Å²) in [4.78, 5) is 29.0. The Morgan fingerprint density at radius 3 is 2.69 bits per heavy atom. The lowest BCUT2D eigenvalue weighted by molar-refractivity contribution is -0.127. The Kier molecular flexibility index (Phi) is 4.12. The van der Waals surface area contributed by atoms with Crippen LogP contribution in [0, 0.1) is 5.82 Å². The number of urea groups is 1. The van der Waals surface area contributed by atoms with Crippen molar-refractivity contribution in [3.63, 3.8) is 0 Å². The Labute approximate surface area is 153 Å². The predicted molar refractivity (Wildman–Crippen MR) is 96.3 cm³/mol. The Bertz CT molecular complexity index is 1020. The standard InChI is InChI=1S/C19H15ClFN3O2/c20-14-6-3-5-13-12(9-22-17(13)14)8-16-18(25)24(19(26)23-16)10-11-4-1-2-7-15(11)21/h1-7,9,16,22H,8,10H2,(H,23,26). The van der Waals surface area contributed by atoms with Crippen LogP contribution in [0.1, 0.15) is 11.1 Å². The van der Waals surface area contributed by atoms with E-state index in [2.05, 4.69) is 10.3 Å². The summed E-state index contributed by atoms with van der Waals surface area (Å²) in [7, 11) is 0. The van der Waals surface area contributed by atoms with Crippen molar-refractivity contribution < 1.29 is 14.0 Å². The summed E-state index contributed by atoms with van der Waals surface area (Å²) in [6.07, 6.45) is 2.12. The van der Waals surface area contributed by atoms with E-state index < -0.39 is 17.9 Å². The molecule has 0 radical (unpaired) electrons. The van der Waals surface area contributed by atoms with Gasteiger partial charge in [0, 0.05) is 23.6 Å². The van der Waals surface area contributed by atoms with Crippen LogP contribution in [0.5, 0.6) is 0 Å². The molecule has 0 bridgehead atoms. The zero-order chi connectivity index (χ0) is 18.3. The molecule has 3 aromatic rings. The summed E-state index contributed by atoms with van der Waals surface area (Å²) in [6.45, 7) is -0.0897. The minimum absolute atomic E-state index is 0.0897. The molecule has 1 aromatic heterocycles. The molecule has 2 aromatic carbocycles. The van der Waals surface area contributed by atoms with E-state index in [9.17, 15) is 14.0 Å². The number of aromatic nitrogens is 1. The molecule has 1 aliphatic rings. The first kappa shape index (κ1) is 16.6. The monoisotopic (exact) mass is 371 g/mol. The van der Waals surface area contributed by atoms with Crippen LogP contribution in [0.15, 0.2) is 48.7 Å². The van der Waals surface area contributed by atoms with Gasteiger partial charge in [-0.15, -0.1) is 0 Å². The molecule has 0 aliphatic carbocycles. The van der Waals surface area contributed by atoms with Crippen molar-refractivity contribution in [2.24, 2.45) is 0 Å².